The zero-order valence-electron chi connectivity index (χ0n) is 29.1. The Morgan fingerprint density at radius 2 is 1.47 bits per heavy atom. The van der Waals surface area contributed by atoms with Gasteiger partial charge in [0, 0.05) is 29.9 Å². The summed E-state index contributed by atoms with van der Waals surface area (Å²) < 4.78 is 27.4. The highest BCUT2D eigenvalue weighted by Crippen LogP contribution is 2.32. The summed E-state index contributed by atoms with van der Waals surface area (Å²) in [6, 6.07) is 35.4. The Morgan fingerprint density at radius 1 is 0.824 bits per heavy atom. The predicted octanol–water partition coefficient (Wildman–Crippen LogP) is 4.45. The number of fused-ring (bicyclic) bond motifs is 4. The lowest BCUT2D eigenvalue weighted by Gasteiger charge is -2.12. The molecule has 0 atom stereocenters. The molecule has 0 fully saturated rings. The molecule has 8 nitrogen and oxygen atoms in total. The van der Waals surface area contributed by atoms with Gasteiger partial charge < -0.3 is 16.8 Å². The summed E-state index contributed by atoms with van der Waals surface area (Å²) in [6.07, 6.45) is 1.27. The smallest absolute Gasteiger partial charge is 0.335 e. The molecule has 51 heavy (non-hydrogen) atoms. The number of ketones is 1. The van der Waals surface area contributed by atoms with Crippen molar-refractivity contribution in [3.05, 3.63) is 131 Å². The van der Waals surface area contributed by atoms with Crippen molar-refractivity contribution in [1.82, 2.24) is 19.3 Å². The fourth-order valence-corrected chi connectivity index (χ4v) is 6.38. The first kappa shape index (κ1) is 37.0. The van der Waals surface area contributed by atoms with Gasteiger partial charge in [0.1, 0.15) is 30.1 Å². The highest BCUT2D eigenvalue weighted by molar-refractivity contribution is 7.51. The van der Waals surface area contributed by atoms with E-state index in [9.17, 15) is 4.79 Å². The van der Waals surface area contributed by atoms with Crippen molar-refractivity contribution >= 4 is 39.2 Å². The average Bonchev–Trinajstić information content (AvgIpc) is 3.56. The van der Waals surface area contributed by atoms with Gasteiger partial charge in [0.15, 0.2) is 11.3 Å². The number of aromatic nitrogens is 3. The van der Waals surface area contributed by atoms with Gasteiger partial charge in [0.05, 0.1) is 23.1 Å². The molecule has 0 N–H and O–H groups in total. The minimum absolute atomic E-state index is 0. The van der Waals surface area contributed by atoms with Crippen LogP contribution >= 0.6 is 0 Å². The van der Waals surface area contributed by atoms with Crippen molar-refractivity contribution in [3.8, 4) is 28.4 Å². The van der Waals surface area contributed by atoms with Crippen LogP contribution in [0.1, 0.15) is 42.7 Å². The van der Waals surface area contributed by atoms with Gasteiger partial charge in [-0.2, -0.15) is 13.5 Å². The molecule has 0 saturated carbocycles. The maximum absolute atomic E-state index is 13.6. The maximum Gasteiger partial charge on any atom is 0.335 e. The third-order valence-electron chi connectivity index (χ3n) is 9.02. The van der Waals surface area contributed by atoms with Gasteiger partial charge in [-0.1, -0.05) is 71.8 Å². The van der Waals surface area contributed by atoms with Gasteiger partial charge >= 0.3 is 11.6 Å². The Labute approximate surface area is 306 Å². The van der Waals surface area contributed by atoms with E-state index in [0.29, 0.717) is 24.8 Å². The second-order valence-electron chi connectivity index (χ2n) is 12.4. The van der Waals surface area contributed by atoms with Crippen LogP contribution in [-0.4, -0.2) is 42.1 Å². The average molecular weight is 719 g/mol. The number of rotatable bonds is 9. The molecule has 0 radical (unpaired) electrons. The maximum atomic E-state index is 13.6. The molecule has 1 aliphatic heterocycles. The van der Waals surface area contributed by atoms with Crippen LogP contribution in [0.4, 0.5) is 0 Å². The SMILES string of the molecule is CC[N+](CC)=c1ccc2nc3c(cc(CC(=O)CCc4cc(-c5ccc(C)cc5)n(-c5ccc(C)cc5)n4)c4ccccc43)oc-2c1.O=S=O.[Cl-]. The summed E-state index contributed by atoms with van der Waals surface area (Å²) >= 11 is -0.750. The molecule has 4 aromatic carbocycles. The fraction of sp³-hybridized carbons (Fsp3) is 0.220. The number of hydrogen-bond donors (Lipinski definition) is 0. The zero-order chi connectivity index (χ0) is 35.2. The minimum atomic E-state index is -0.750. The predicted molar refractivity (Wildman–Crippen MR) is 199 cm³/mol. The number of carbonyl (C=O) groups is 1. The third-order valence-corrected chi connectivity index (χ3v) is 9.02. The van der Waals surface area contributed by atoms with Crippen LogP contribution in [0, 0.1) is 13.8 Å². The van der Waals surface area contributed by atoms with E-state index in [-0.39, 0.29) is 18.2 Å². The topological polar surface area (TPSA) is 98.1 Å². The van der Waals surface area contributed by atoms with Crippen LogP contribution in [0.25, 0.3) is 50.3 Å². The highest BCUT2D eigenvalue weighted by atomic mass is 35.5. The van der Waals surface area contributed by atoms with Crippen molar-refractivity contribution in [3.63, 3.8) is 0 Å². The van der Waals surface area contributed by atoms with E-state index in [4.69, 9.17) is 22.9 Å². The van der Waals surface area contributed by atoms with Crippen LogP contribution in [0.3, 0.4) is 0 Å². The molecule has 0 unspecified atom stereocenters. The molecule has 0 spiro atoms. The first-order chi connectivity index (χ1) is 24.3. The lowest BCUT2D eigenvalue weighted by atomic mass is 9.97. The molecular formula is C41H39ClN4O4S. The number of aryl methyl sites for hydroxylation is 3. The first-order valence-electron chi connectivity index (χ1n) is 16.8. The lowest BCUT2D eigenvalue weighted by Crippen LogP contribution is -3.00. The Balaban J connectivity index is 0.00000122. The number of Topliss-reactive ketones (excluding diaryl/α,β-unsaturated/α-hetero) is 1. The van der Waals surface area contributed by atoms with E-state index in [1.54, 1.807) is 0 Å². The van der Waals surface area contributed by atoms with Crippen LogP contribution in [0.5, 0.6) is 0 Å². The molecule has 7 rings (SSSR count). The summed E-state index contributed by atoms with van der Waals surface area (Å²) in [6.45, 7) is 10.3. The van der Waals surface area contributed by atoms with Gasteiger partial charge in [0.2, 0.25) is 5.36 Å². The normalized spacial score (nSPS) is 10.8. The quantitative estimate of drug-likeness (QED) is 0.124. The molecule has 0 saturated heterocycles. The van der Waals surface area contributed by atoms with E-state index < -0.39 is 11.6 Å². The van der Waals surface area contributed by atoms with Crippen molar-refractivity contribution < 1.29 is 30.0 Å². The zero-order valence-corrected chi connectivity index (χ0v) is 30.6. The van der Waals surface area contributed by atoms with E-state index in [1.165, 1.54) is 11.1 Å². The summed E-state index contributed by atoms with van der Waals surface area (Å²) in [5.41, 5.74) is 9.69. The van der Waals surface area contributed by atoms with Gasteiger partial charge in [-0.3, -0.25) is 4.79 Å². The van der Waals surface area contributed by atoms with Crippen molar-refractivity contribution in [2.45, 2.75) is 47.0 Å². The van der Waals surface area contributed by atoms with E-state index >= 15 is 0 Å². The lowest BCUT2D eigenvalue weighted by molar-refractivity contribution is -0.118. The van der Waals surface area contributed by atoms with Gasteiger partial charge in [-0.25, -0.2) is 14.2 Å². The molecular weight excluding hydrogens is 680 g/mol. The molecule has 2 aliphatic rings. The van der Waals surface area contributed by atoms with Crippen LogP contribution in [0.2, 0.25) is 0 Å². The summed E-state index contributed by atoms with van der Waals surface area (Å²) in [7, 11) is 0. The second kappa shape index (κ2) is 16.6. The fourth-order valence-electron chi connectivity index (χ4n) is 6.38. The number of halogens is 1. The molecule has 0 bridgehead atoms. The van der Waals surface area contributed by atoms with Crippen molar-refractivity contribution in [1.29, 1.82) is 0 Å². The van der Waals surface area contributed by atoms with Crippen molar-refractivity contribution in [2.75, 3.05) is 13.1 Å². The summed E-state index contributed by atoms with van der Waals surface area (Å²) in [5, 5.41) is 8.11. The van der Waals surface area contributed by atoms with Gasteiger partial charge in [-0.05, 0) is 75.4 Å². The minimum Gasteiger partial charge on any atom is -1.00 e. The Morgan fingerprint density at radius 3 is 2.14 bits per heavy atom. The van der Waals surface area contributed by atoms with Gasteiger partial charge in [-0.15, -0.1) is 0 Å². The first-order valence-corrected chi connectivity index (χ1v) is 17.5. The molecule has 1 aliphatic carbocycles. The third kappa shape index (κ3) is 8.22. The van der Waals surface area contributed by atoms with Crippen LogP contribution < -0.4 is 22.3 Å². The van der Waals surface area contributed by atoms with Crippen LogP contribution in [0.15, 0.2) is 108 Å². The summed E-state index contributed by atoms with van der Waals surface area (Å²) in [4.78, 5) is 18.6. The number of benzene rings is 5. The number of nitrogens with zero attached hydrogens (tertiary/aromatic N) is 4. The van der Waals surface area contributed by atoms with E-state index in [0.717, 1.165) is 74.4 Å². The number of hydrogen-bond acceptors (Lipinski definition) is 6. The standard InChI is InChI=1S/C41H39N4O2.ClH.O2S/c1-5-44(6-2)33-20-22-37-39(26-33)47-40-24-30(35-9-7-8-10-36(35)41(40)42-37)23-34(46)21-17-31-25-38(29-15-11-27(3)12-16-29)45(43-31)32-18-13-28(4)14-19-32;;1-3-2/h7-16,18-20,22,24-26H,5-6,17,21,23H2,1-4H3;1H;/q+1;;/p-1. The molecule has 260 valence electrons. The highest BCUT2D eigenvalue weighted by Gasteiger charge is 2.18. The van der Waals surface area contributed by atoms with Crippen LogP contribution in [-0.2, 0) is 29.2 Å². The molecule has 5 aromatic rings. The molecule has 0 amide bonds. The second-order valence-corrected chi connectivity index (χ2v) is 12.5. The van der Waals surface area contributed by atoms with E-state index in [2.05, 4.69) is 111 Å². The Hall–Kier alpha value is -5.25. The molecule has 10 heteroatoms. The number of carbonyl (C=O) groups excluding carboxylic acids is 1. The monoisotopic (exact) mass is 718 g/mol. The molecule has 2 heterocycles. The molecule has 1 aromatic heterocycles. The van der Waals surface area contributed by atoms with Crippen molar-refractivity contribution in [2.24, 2.45) is 0 Å². The largest absolute Gasteiger partial charge is 1.00 e. The Bertz CT molecular complexity index is 2320. The van der Waals surface area contributed by atoms with E-state index in [1.807, 2.05) is 28.9 Å². The van der Waals surface area contributed by atoms with Gasteiger partial charge in [0.25, 0.3) is 0 Å². The summed E-state index contributed by atoms with van der Waals surface area (Å²) in [5.74, 6) is 0.900. The Kier molecular flexibility index (Phi) is 12.1.